The minimum Gasteiger partial charge on any atom is -0.468 e. The van der Waals surface area contributed by atoms with Crippen LogP contribution in [0.4, 0.5) is 5.69 Å². The Kier molecular flexibility index (Phi) is 6.76. The summed E-state index contributed by atoms with van der Waals surface area (Å²) in [7, 11) is 1.26. The third-order valence-electron chi connectivity index (χ3n) is 4.86. The Labute approximate surface area is 209 Å². The standard InChI is InChI=1S/C23H15Cl3N2O4S/c1-31-20(29)12-27-18(22(30)28(23(27)33)14-7-5-13(24)6-8-14)11-15-9-10-19(32-15)16-3-2-4-17(25)21(16)26/h2-11H,12H2,1H3/b18-11-. The molecule has 33 heavy (non-hydrogen) atoms. The van der Waals surface area contributed by atoms with Crippen LogP contribution in [0.25, 0.3) is 17.4 Å². The second-order valence-electron chi connectivity index (χ2n) is 6.89. The number of amides is 1. The van der Waals surface area contributed by atoms with Crippen LogP contribution in [0.15, 0.2) is 64.7 Å². The molecule has 1 aromatic heterocycles. The lowest BCUT2D eigenvalue weighted by atomic mass is 10.2. The van der Waals surface area contributed by atoms with Gasteiger partial charge in [-0.05, 0) is 60.7 Å². The molecule has 2 aromatic carbocycles. The van der Waals surface area contributed by atoms with Crippen LogP contribution < -0.4 is 4.90 Å². The zero-order chi connectivity index (χ0) is 23.7. The van der Waals surface area contributed by atoms with E-state index in [4.69, 9.17) is 56.2 Å². The Morgan fingerprint density at radius 1 is 1.09 bits per heavy atom. The predicted molar refractivity (Wildman–Crippen MR) is 132 cm³/mol. The van der Waals surface area contributed by atoms with Crippen molar-refractivity contribution in [2.45, 2.75) is 0 Å². The minimum absolute atomic E-state index is 0.128. The van der Waals surface area contributed by atoms with Gasteiger partial charge in [0.1, 0.15) is 23.8 Å². The van der Waals surface area contributed by atoms with Crippen LogP contribution in [0.2, 0.25) is 15.1 Å². The number of furan rings is 1. The normalized spacial score (nSPS) is 15.0. The van der Waals surface area contributed by atoms with Crippen LogP contribution in [-0.2, 0) is 14.3 Å². The van der Waals surface area contributed by atoms with E-state index in [1.807, 2.05) is 0 Å². The second-order valence-corrected chi connectivity index (χ2v) is 8.48. The van der Waals surface area contributed by atoms with E-state index in [9.17, 15) is 9.59 Å². The average Bonchev–Trinajstić information content (AvgIpc) is 3.35. The molecule has 1 aliphatic rings. The van der Waals surface area contributed by atoms with Gasteiger partial charge in [-0.15, -0.1) is 0 Å². The number of carbonyl (C=O) groups excluding carboxylic acids is 2. The van der Waals surface area contributed by atoms with Gasteiger partial charge in [0.15, 0.2) is 5.11 Å². The number of halogens is 3. The SMILES string of the molecule is COC(=O)CN1C(=S)N(c2ccc(Cl)cc2)C(=O)/C1=C/c1ccc(-c2cccc(Cl)c2Cl)o1. The Morgan fingerprint density at radius 2 is 1.82 bits per heavy atom. The fourth-order valence-corrected chi connectivity index (χ4v) is 4.12. The number of nitrogens with zero attached hydrogens (tertiary/aromatic N) is 2. The number of hydrogen-bond donors (Lipinski definition) is 0. The molecule has 0 saturated carbocycles. The lowest BCUT2D eigenvalue weighted by Gasteiger charge is -2.19. The quantitative estimate of drug-likeness (QED) is 0.231. The third kappa shape index (κ3) is 4.63. The number of thiocarbonyl (C=S) groups is 1. The molecule has 1 fully saturated rings. The van der Waals surface area contributed by atoms with E-state index in [1.165, 1.54) is 23.0 Å². The third-order valence-corrected chi connectivity index (χ3v) is 6.33. The summed E-state index contributed by atoms with van der Waals surface area (Å²) in [5, 5.41) is 1.39. The van der Waals surface area contributed by atoms with Gasteiger partial charge < -0.3 is 14.1 Å². The van der Waals surface area contributed by atoms with E-state index in [1.54, 1.807) is 54.6 Å². The topological polar surface area (TPSA) is 63.0 Å². The van der Waals surface area contributed by atoms with Crippen molar-refractivity contribution in [3.05, 3.63) is 81.1 Å². The van der Waals surface area contributed by atoms with Gasteiger partial charge in [-0.2, -0.15) is 0 Å². The van der Waals surface area contributed by atoms with Gasteiger partial charge in [0.2, 0.25) is 0 Å². The molecule has 0 aliphatic carbocycles. The fraction of sp³-hybridized carbons (Fsp3) is 0.0870. The Hall–Kier alpha value is -2.84. The molecule has 2 heterocycles. The van der Waals surface area contributed by atoms with Gasteiger partial charge in [0.05, 0.1) is 22.8 Å². The molecule has 1 aliphatic heterocycles. The molecule has 3 aromatic rings. The number of benzene rings is 2. The molecule has 0 atom stereocenters. The summed E-state index contributed by atoms with van der Waals surface area (Å²) >= 11 is 23.9. The van der Waals surface area contributed by atoms with Crippen molar-refractivity contribution in [2.75, 3.05) is 18.6 Å². The first-order chi connectivity index (χ1) is 15.8. The second kappa shape index (κ2) is 9.57. The van der Waals surface area contributed by atoms with Crippen LogP contribution in [0.3, 0.4) is 0 Å². The van der Waals surface area contributed by atoms with Crippen molar-refractivity contribution < 1.29 is 18.7 Å². The van der Waals surface area contributed by atoms with Crippen molar-refractivity contribution in [2.24, 2.45) is 0 Å². The van der Waals surface area contributed by atoms with Crippen LogP contribution in [-0.4, -0.2) is 35.5 Å². The van der Waals surface area contributed by atoms with Gasteiger partial charge in [-0.3, -0.25) is 14.5 Å². The average molecular weight is 522 g/mol. The van der Waals surface area contributed by atoms with Gasteiger partial charge in [0.25, 0.3) is 5.91 Å². The first kappa shape index (κ1) is 23.3. The molecule has 1 saturated heterocycles. The molecule has 0 radical (unpaired) electrons. The van der Waals surface area contributed by atoms with E-state index in [0.29, 0.717) is 37.8 Å². The predicted octanol–water partition coefficient (Wildman–Crippen LogP) is 6.05. The van der Waals surface area contributed by atoms with Gasteiger partial charge >= 0.3 is 5.97 Å². The maximum Gasteiger partial charge on any atom is 0.325 e. The monoisotopic (exact) mass is 520 g/mol. The Balaban J connectivity index is 1.73. The van der Waals surface area contributed by atoms with E-state index >= 15 is 0 Å². The molecule has 0 spiro atoms. The summed E-state index contributed by atoms with van der Waals surface area (Å²) in [6, 6.07) is 15.2. The van der Waals surface area contributed by atoms with Crippen molar-refractivity contribution in [3.8, 4) is 11.3 Å². The van der Waals surface area contributed by atoms with E-state index in [2.05, 4.69) is 0 Å². The first-order valence-electron chi connectivity index (χ1n) is 9.54. The first-order valence-corrected chi connectivity index (χ1v) is 11.1. The van der Waals surface area contributed by atoms with Crippen LogP contribution >= 0.6 is 47.0 Å². The van der Waals surface area contributed by atoms with Gasteiger partial charge in [-0.1, -0.05) is 40.9 Å². The Morgan fingerprint density at radius 3 is 2.52 bits per heavy atom. The molecule has 6 nitrogen and oxygen atoms in total. The maximum absolute atomic E-state index is 13.3. The molecular weight excluding hydrogens is 507 g/mol. The molecule has 0 unspecified atom stereocenters. The molecule has 4 rings (SSSR count). The number of anilines is 1. The summed E-state index contributed by atoms with van der Waals surface area (Å²) in [5.41, 5.74) is 1.27. The summed E-state index contributed by atoms with van der Waals surface area (Å²) in [5.74, 6) is -0.152. The number of rotatable bonds is 5. The summed E-state index contributed by atoms with van der Waals surface area (Å²) in [6.45, 7) is -0.245. The smallest absolute Gasteiger partial charge is 0.325 e. The Bertz CT molecular complexity index is 1290. The highest BCUT2D eigenvalue weighted by Gasteiger charge is 2.40. The molecule has 1 amide bonds. The maximum atomic E-state index is 13.3. The highest BCUT2D eigenvalue weighted by Crippen LogP contribution is 2.35. The van der Waals surface area contributed by atoms with E-state index in [-0.39, 0.29) is 17.4 Å². The van der Waals surface area contributed by atoms with Crippen molar-refractivity contribution in [1.82, 2.24) is 4.90 Å². The summed E-state index contributed by atoms with van der Waals surface area (Å²) < 4.78 is 10.7. The number of esters is 1. The molecular formula is C23H15Cl3N2O4S. The molecule has 0 N–H and O–H groups in total. The number of carbonyl (C=O) groups is 2. The van der Waals surface area contributed by atoms with Gasteiger partial charge in [0, 0.05) is 16.7 Å². The lowest BCUT2D eigenvalue weighted by molar-refractivity contribution is -0.140. The van der Waals surface area contributed by atoms with E-state index in [0.717, 1.165) is 0 Å². The fourth-order valence-electron chi connectivity index (χ4n) is 3.25. The highest BCUT2D eigenvalue weighted by molar-refractivity contribution is 7.80. The number of methoxy groups -OCH3 is 1. The number of ether oxygens (including phenoxy) is 1. The molecule has 168 valence electrons. The van der Waals surface area contributed by atoms with Crippen LogP contribution in [0.5, 0.6) is 0 Å². The summed E-state index contributed by atoms with van der Waals surface area (Å²) in [4.78, 5) is 28.1. The number of hydrogen-bond acceptors (Lipinski definition) is 5. The zero-order valence-electron chi connectivity index (χ0n) is 17.1. The molecule has 0 bridgehead atoms. The summed E-state index contributed by atoms with van der Waals surface area (Å²) in [6.07, 6.45) is 1.51. The van der Waals surface area contributed by atoms with Crippen LogP contribution in [0.1, 0.15) is 5.76 Å². The largest absolute Gasteiger partial charge is 0.468 e. The molecule has 10 heteroatoms. The highest BCUT2D eigenvalue weighted by atomic mass is 35.5. The van der Waals surface area contributed by atoms with Crippen LogP contribution in [0, 0.1) is 0 Å². The van der Waals surface area contributed by atoms with Crippen molar-refractivity contribution in [3.63, 3.8) is 0 Å². The zero-order valence-corrected chi connectivity index (χ0v) is 20.1. The lowest BCUT2D eigenvalue weighted by Crippen LogP contribution is -2.35. The van der Waals surface area contributed by atoms with Crippen molar-refractivity contribution in [1.29, 1.82) is 0 Å². The van der Waals surface area contributed by atoms with E-state index < -0.39 is 11.9 Å². The minimum atomic E-state index is -0.556. The van der Waals surface area contributed by atoms with Crippen molar-refractivity contribution >= 4 is 75.8 Å². The van der Waals surface area contributed by atoms with Gasteiger partial charge in [-0.25, -0.2) is 0 Å².